The van der Waals surface area contributed by atoms with Gasteiger partial charge < -0.3 is 9.88 Å². The number of hydrogen-bond acceptors (Lipinski definition) is 5. The van der Waals surface area contributed by atoms with Crippen LogP contribution in [-0.4, -0.2) is 14.5 Å². The van der Waals surface area contributed by atoms with E-state index in [9.17, 15) is 10.1 Å². The first-order valence-corrected chi connectivity index (χ1v) is 7.58. The molecular weight excluding hydrogens is 318 g/mol. The fraction of sp³-hybridized carbons (Fsp3) is 0.111. The minimum atomic E-state index is -0.413. The molecule has 0 aliphatic heterocycles. The van der Waals surface area contributed by atoms with E-state index in [0.717, 1.165) is 16.8 Å². The lowest BCUT2D eigenvalue weighted by Crippen LogP contribution is -2.05. The summed E-state index contributed by atoms with van der Waals surface area (Å²) >= 11 is 0. The summed E-state index contributed by atoms with van der Waals surface area (Å²) in [6, 6.07) is 15.9. The first-order chi connectivity index (χ1) is 12.1. The lowest BCUT2D eigenvalue weighted by atomic mass is 10.1. The number of aromatic nitrogens is 2. The third kappa shape index (κ3) is 3.48. The van der Waals surface area contributed by atoms with Crippen molar-refractivity contribution in [1.82, 2.24) is 9.55 Å². The van der Waals surface area contributed by atoms with Gasteiger partial charge in [0.05, 0.1) is 28.4 Å². The van der Waals surface area contributed by atoms with Crippen LogP contribution in [0.5, 0.6) is 0 Å². The van der Waals surface area contributed by atoms with Crippen molar-refractivity contribution in [2.75, 3.05) is 5.32 Å². The molecule has 0 spiro atoms. The molecule has 7 heteroatoms. The van der Waals surface area contributed by atoms with Crippen LogP contribution in [0.3, 0.4) is 0 Å². The summed E-state index contributed by atoms with van der Waals surface area (Å²) in [6.07, 6.45) is 1.68. The molecule has 25 heavy (non-hydrogen) atoms. The van der Waals surface area contributed by atoms with Crippen molar-refractivity contribution < 1.29 is 4.92 Å². The number of non-ortho nitro benzene ring substituents is 1. The van der Waals surface area contributed by atoms with E-state index in [2.05, 4.69) is 16.4 Å². The van der Waals surface area contributed by atoms with Crippen LogP contribution >= 0.6 is 0 Å². The molecule has 0 unspecified atom stereocenters. The quantitative estimate of drug-likeness (QED) is 0.569. The van der Waals surface area contributed by atoms with E-state index in [0.29, 0.717) is 18.1 Å². The molecule has 0 atom stereocenters. The SMILES string of the molecule is Cn1c(-c2cccc([N+](=O)[O-])c2)cnc1NCc1ccc(C#N)cc1. The van der Waals surface area contributed by atoms with Crippen molar-refractivity contribution in [3.8, 4) is 17.3 Å². The molecule has 0 bridgehead atoms. The maximum absolute atomic E-state index is 10.9. The number of hydrogen-bond donors (Lipinski definition) is 1. The van der Waals surface area contributed by atoms with Gasteiger partial charge in [0, 0.05) is 31.3 Å². The van der Waals surface area contributed by atoms with E-state index >= 15 is 0 Å². The molecule has 0 saturated heterocycles. The second kappa shape index (κ2) is 6.84. The summed E-state index contributed by atoms with van der Waals surface area (Å²) in [4.78, 5) is 14.9. The molecule has 1 N–H and O–H groups in total. The van der Waals surface area contributed by atoms with Crippen LogP contribution in [0.25, 0.3) is 11.3 Å². The Balaban J connectivity index is 1.78. The van der Waals surface area contributed by atoms with E-state index in [1.54, 1.807) is 24.4 Å². The van der Waals surface area contributed by atoms with Gasteiger partial charge in [-0.2, -0.15) is 5.26 Å². The third-order valence-electron chi connectivity index (χ3n) is 3.87. The molecule has 0 saturated carbocycles. The van der Waals surface area contributed by atoms with Crippen molar-refractivity contribution >= 4 is 11.6 Å². The second-order valence-corrected chi connectivity index (χ2v) is 5.50. The molecule has 0 radical (unpaired) electrons. The van der Waals surface area contributed by atoms with Crippen molar-refractivity contribution in [3.63, 3.8) is 0 Å². The number of nitro benzene ring substituents is 1. The van der Waals surface area contributed by atoms with Gasteiger partial charge in [-0.25, -0.2) is 4.98 Å². The zero-order chi connectivity index (χ0) is 17.8. The van der Waals surface area contributed by atoms with E-state index < -0.39 is 4.92 Å². The molecule has 0 aliphatic rings. The Kier molecular flexibility index (Phi) is 4.44. The van der Waals surface area contributed by atoms with E-state index in [1.165, 1.54) is 12.1 Å². The third-order valence-corrected chi connectivity index (χ3v) is 3.87. The molecule has 0 fully saturated rings. The number of imidazole rings is 1. The number of nitrogens with one attached hydrogen (secondary N) is 1. The smallest absolute Gasteiger partial charge is 0.270 e. The molecule has 3 rings (SSSR count). The maximum Gasteiger partial charge on any atom is 0.270 e. The first-order valence-electron chi connectivity index (χ1n) is 7.58. The molecule has 0 aliphatic carbocycles. The van der Waals surface area contributed by atoms with Gasteiger partial charge >= 0.3 is 0 Å². The van der Waals surface area contributed by atoms with Crippen LogP contribution in [0.4, 0.5) is 11.6 Å². The minimum absolute atomic E-state index is 0.0470. The molecule has 2 aromatic carbocycles. The van der Waals surface area contributed by atoms with Crippen molar-refractivity contribution in [2.24, 2.45) is 7.05 Å². The first kappa shape index (κ1) is 16.2. The van der Waals surface area contributed by atoms with E-state index in [4.69, 9.17) is 5.26 Å². The highest BCUT2D eigenvalue weighted by Gasteiger charge is 2.12. The fourth-order valence-electron chi connectivity index (χ4n) is 2.50. The molecular formula is C18H15N5O2. The Morgan fingerprint density at radius 1 is 1.28 bits per heavy atom. The highest BCUT2D eigenvalue weighted by Crippen LogP contribution is 2.25. The Labute approximate surface area is 144 Å². The van der Waals surface area contributed by atoms with Crippen LogP contribution < -0.4 is 5.32 Å². The van der Waals surface area contributed by atoms with Crippen molar-refractivity contribution in [1.29, 1.82) is 5.26 Å². The number of nitro groups is 1. The maximum atomic E-state index is 10.9. The van der Waals surface area contributed by atoms with Gasteiger partial charge in [0.2, 0.25) is 5.95 Å². The summed E-state index contributed by atoms with van der Waals surface area (Å²) in [5.41, 5.74) is 3.21. The Hall–Kier alpha value is -3.66. The monoisotopic (exact) mass is 333 g/mol. The number of nitriles is 1. The number of anilines is 1. The van der Waals surface area contributed by atoms with Crippen LogP contribution in [0.15, 0.2) is 54.7 Å². The lowest BCUT2D eigenvalue weighted by molar-refractivity contribution is -0.384. The molecule has 1 aromatic heterocycles. The standard InChI is InChI=1S/C18H15N5O2/c1-22-17(15-3-2-4-16(9-15)23(24)25)12-21-18(22)20-11-14-7-5-13(10-19)6-8-14/h2-9,12H,11H2,1H3,(H,20,21). The molecule has 3 aromatic rings. The largest absolute Gasteiger partial charge is 0.352 e. The normalized spacial score (nSPS) is 10.2. The fourth-order valence-corrected chi connectivity index (χ4v) is 2.50. The molecule has 124 valence electrons. The number of nitrogens with zero attached hydrogens (tertiary/aromatic N) is 4. The van der Waals surface area contributed by atoms with E-state index in [-0.39, 0.29) is 5.69 Å². The van der Waals surface area contributed by atoms with Gasteiger partial charge in [-0.05, 0) is 17.7 Å². The Morgan fingerprint density at radius 3 is 2.72 bits per heavy atom. The van der Waals surface area contributed by atoms with Gasteiger partial charge in [-0.3, -0.25) is 10.1 Å². The zero-order valence-corrected chi connectivity index (χ0v) is 13.5. The topological polar surface area (TPSA) is 96.8 Å². The number of benzene rings is 2. The predicted molar refractivity (Wildman–Crippen MR) is 93.8 cm³/mol. The second-order valence-electron chi connectivity index (χ2n) is 5.50. The summed E-state index contributed by atoms with van der Waals surface area (Å²) in [5.74, 6) is 0.658. The predicted octanol–water partition coefficient (Wildman–Crippen LogP) is 3.48. The van der Waals surface area contributed by atoms with Crippen molar-refractivity contribution in [3.05, 3.63) is 76.0 Å². The van der Waals surface area contributed by atoms with Gasteiger partial charge in [-0.1, -0.05) is 24.3 Å². The molecule has 7 nitrogen and oxygen atoms in total. The van der Waals surface area contributed by atoms with Crippen LogP contribution in [0, 0.1) is 21.4 Å². The summed E-state index contributed by atoms with van der Waals surface area (Å²) in [5, 5.41) is 23.0. The minimum Gasteiger partial charge on any atom is -0.352 e. The average Bonchev–Trinajstić information content (AvgIpc) is 3.01. The van der Waals surface area contributed by atoms with Gasteiger partial charge in [0.1, 0.15) is 0 Å². The molecule has 0 amide bonds. The number of rotatable bonds is 5. The summed E-state index contributed by atoms with van der Waals surface area (Å²) < 4.78 is 1.85. The van der Waals surface area contributed by atoms with Crippen LogP contribution in [-0.2, 0) is 13.6 Å². The zero-order valence-electron chi connectivity index (χ0n) is 13.5. The highest BCUT2D eigenvalue weighted by atomic mass is 16.6. The summed E-state index contributed by atoms with van der Waals surface area (Å²) in [6.45, 7) is 0.560. The molecule has 1 heterocycles. The van der Waals surface area contributed by atoms with Gasteiger partial charge in [0.15, 0.2) is 0 Å². The van der Waals surface area contributed by atoms with Crippen LogP contribution in [0.2, 0.25) is 0 Å². The van der Waals surface area contributed by atoms with Gasteiger partial charge in [0.25, 0.3) is 5.69 Å². The van der Waals surface area contributed by atoms with Gasteiger partial charge in [-0.15, -0.1) is 0 Å². The van der Waals surface area contributed by atoms with E-state index in [1.807, 2.05) is 29.8 Å². The van der Waals surface area contributed by atoms with Crippen LogP contribution in [0.1, 0.15) is 11.1 Å². The Morgan fingerprint density at radius 2 is 2.04 bits per heavy atom. The highest BCUT2D eigenvalue weighted by molar-refractivity contribution is 5.64. The average molecular weight is 333 g/mol. The van der Waals surface area contributed by atoms with Crippen molar-refractivity contribution in [2.45, 2.75) is 6.54 Å². The lowest BCUT2D eigenvalue weighted by Gasteiger charge is -2.08. The Bertz CT molecular complexity index is 954. The summed E-state index contributed by atoms with van der Waals surface area (Å²) in [7, 11) is 1.85.